The van der Waals surface area contributed by atoms with Crippen molar-refractivity contribution in [3.05, 3.63) is 35.4 Å². The van der Waals surface area contributed by atoms with Gasteiger partial charge >= 0.3 is 0 Å². The number of nitrogens with zero attached hydrogens (tertiary/aromatic N) is 3. The van der Waals surface area contributed by atoms with Crippen molar-refractivity contribution in [3.8, 4) is 0 Å². The fourth-order valence-corrected chi connectivity index (χ4v) is 4.81. The van der Waals surface area contributed by atoms with Crippen LogP contribution in [0.25, 0.3) is 0 Å². The fraction of sp³-hybridized carbons (Fsp3) is 0.650. The summed E-state index contributed by atoms with van der Waals surface area (Å²) in [6, 6.07) is 9.07. The Hall–Kier alpha value is -1.20. The van der Waals surface area contributed by atoms with Crippen molar-refractivity contribution >= 4 is 17.7 Å². The van der Waals surface area contributed by atoms with E-state index in [0.717, 1.165) is 37.4 Å². The van der Waals surface area contributed by atoms with Crippen LogP contribution >= 0.6 is 11.8 Å². The first-order chi connectivity index (χ1) is 12.3. The van der Waals surface area contributed by atoms with Gasteiger partial charge in [-0.1, -0.05) is 31.2 Å². The van der Waals surface area contributed by atoms with Gasteiger partial charge in [0.05, 0.1) is 0 Å². The van der Waals surface area contributed by atoms with Gasteiger partial charge in [0.25, 0.3) is 0 Å². The van der Waals surface area contributed by atoms with E-state index in [2.05, 4.69) is 63.1 Å². The minimum Gasteiger partial charge on any atom is -0.352 e. The van der Waals surface area contributed by atoms with Crippen LogP contribution in [0.15, 0.2) is 29.3 Å². The van der Waals surface area contributed by atoms with Crippen LogP contribution in [0.4, 0.5) is 0 Å². The number of guanidine groups is 1. The van der Waals surface area contributed by atoms with Crippen molar-refractivity contribution < 1.29 is 0 Å². The Labute approximate surface area is 157 Å². The van der Waals surface area contributed by atoms with Crippen molar-refractivity contribution in [2.45, 2.75) is 44.5 Å². The van der Waals surface area contributed by atoms with Crippen molar-refractivity contribution in [2.75, 3.05) is 39.0 Å². The lowest BCUT2D eigenvalue weighted by Gasteiger charge is -2.34. The Kier molecular flexibility index (Phi) is 7.05. The summed E-state index contributed by atoms with van der Waals surface area (Å²) in [7, 11) is 1.89. The lowest BCUT2D eigenvalue weighted by molar-refractivity contribution is 0.331. The number of thioether (sulfide) groups is 1. The Morgan fingerprint density at radius 3 is 2.56 bits per heavy atom. The third-order valence-electron chi connectivity index (χ3n) is 5.18. The first kappa shape index (κ1) is 18.6. The molecule has 25 heavy (non-hydrogen) atoms. The second-order valence-corrected chi connectivity index (χ2v) is 8.46. The number of hydrogen-bond donors (Lipinski definition) is 1. The van der Waals surface area contributed by atoms with Crippen LogP contribution in [0.1, 0.15) is 37.3 Å². The van der Waals surface area contributed by atoms with E-state index in [1.54, 1.807) is 0 Å². The van der Waals surface area contributed by atoms with Gasteiger partial charge in [0.15, 0.2) is 5.96 Å². The molecule has 2 saturated heterocycles. The smallest absolute Gasteiger partial charge is 0.193 e. The van der Waals surface area contributed by atoms with E-state index in [1.807, 2.05) is 7.05 Å². The van der Waals surface area contributed by atoms with E-state index < -0.39 is 0 Å². The maximum Gasteiger partial charge on any atom is 0.193 e. The molecule has 2 aliphatic rings. The summed E-state index contributed by atoms with van der Waals surface area (Å²) in [5, 5.41) is 4.28. The van der Waals surface area contributed by atoms with Gasteiger partial charge in [0, 0.05) is 44.2 Å². The quantitative estimate of drug-likeness (QED) is 0.645. The SMILES string of the molecule is CCC1CN(C(=NC)NCc2ccc(CN3CCCC3)cc2)CCS1. The molecule has 1 unspecified atom stereocenters. The Bertz CT molecular complexity index is 551. The molecule has 5 heteroatoms. The molecular formula is C20H32N4S. The van der Waals surface area contributed by atoms with Crippen LogP contribution in [-0.4, -0.2) is 60.0 Å². The summed E-state index contributed by atoms with van der Waals surface area (Å²) in [6.45, 7) is 8.93. The van der Waals surface area contributed by atoms with Gasteiger partial charge in [-0.2, -0.15) is 11.8 Å². The second-order valence-electron chi connectivity index (χ2n) is 7.05. The molecule has 2 fully saturated rings. The summed E-state index contributed by atoms with van der Waals surface area (Å²) < 4.78 is 0. The van der Waals surface area contributed by atoms with E-state index in [-0.39, 0.29) is 0 Å². The van der Waals surface area contributed by atoms with Crippen LogP contribution < -0.4 is 5.32 Å². The zero-order valence-electron chi connectivity index (χ0n) is 15.7. The predicted molar refractivity (Wildman–Crippen MR) is 109 cm³/mol. The monoisotopic (exact) mass is 360 g/mol. The number of benzene rings is 1. The standard InChI is InChI=1S/C20H32N4S/c1-3-19-16-24(12-13-25-19)20(21-2)22-14-17-6-8-18(9-7-17)15-23-10-4-5-11-23/h6-9,19H,3-5,10-16H2,1-2H3,(H,21,22). The molecule has 2 aliphatic heterocycles. The Balaban J connectivity index is 1.49. The zero-order valence-corrected chi connectivity index (χ0v) is 16.5. The van der Waals surface area contributed by atoms with Gasteiger partial charge in [-0.25, -0.2) is 0 Å². The normalized spacial score (nSPS) is 22.4. The maximum atomic E-state index is 4.50. The van der Waals surface area contributed by atoms with E-state index in [0.29, 0.717) is 0 Å². The largest absolute Gasteiger partial charge is 0.352 e. The first-order valence-electron chi connectivity index (χ1n) is 9.66. The van der Waals surface area contributed by atoms with Gasteiger partial charge in [0.1, 0.15) is 0 Å². The molecule has 1 aromatic rings. The number of rotatable bonds is 5. The van der Waals surface area contributed by atoms with Gasteiger partial charge in [-0.05, 0) is 43.5 Å². The lowest BCUT2D eigenvalue weighted by Crippen LogP contribution is -2.47. The predicted octanol–water partition coefficient (Wildman–Crippen LogP) is 3.19. The van der Waals surface area contributed by atoms with Crippen molar-refractivity contribution in [2.24, 2.45) is 4.99 Å². The third kappa shape index (κ3) is 5.38. The molecule has 4 nitrogen and oxygen atoms in total. The van der Waals surface area contributed by atoms with Crippen molar-refractivity contribution in [3.63, 3.8) is 0 Å². The summed E-state index contributed by atoms with van der Waals surface area (Å²) in [5.74, 6) is 2.24. The minimum absolute atomic E-state index is 0.733. The highest BCUT2D eigenvalue weighted by atomic mass is 32.2. The average Bonchev–Trinajstić information content (AvgIpc) is 3.17. The Morgan fingerprint density at radius 1 is 1.16 bits per heavy atom. The number of aliphatic imine (C=N–C) groups is 1. The number of nitrogens with one attached hydrogen (secondary N) is 1. The van der Waals surface area contributed by atoms with E-state index in [1.165, 1.54) is 49.2 Å². The molecule has 3 rings (SSSR count). The zero-order chi connectivity index (χ0) is 17.5. The molecule has 0 amide bonds. The maximum absolute atomic E-state index is 4.50. The summed E-state index contributed by atoms with van der Waals surface area (Å²) >= 11 is 2.10. The molecule has 1 aromatic carbocycles. The molecular weight excluding hydrogens is 328 g/mol. The van der Waals surface area contributed by atoms with Gasteiger partial charge in [-0.15, -0.1) is 0 Å². The molecule has 0 aromatic heterocycles. The molecule has 2 heterocycles. The summed E-state index contributed by atoms with van der Waals surface area (Å²) in [4.78, 5) is 9.46. The molecule has 0 radical (unpaired) electrons. The molecule has 0 spiro atoms. The van der Waals surface area contributed by atoms with E-state index >= 15 is 0 Å². The van der Waals surface area contributed by atoms with Gasteiger partial charge in [-0.3, -0.25) is 9.89 Å². The van der Waals surface area contributed by atoms with Crippen LogP contribution in [0.3, 0.4) is 0 Å². The first-order valence-corrected chi connectivity index (χ1v) is 10.7. The second kappa shape index (κ2) is 9.48. The van der Waals surface area contributed by atoms with E-state index in [9.17, 15) is 0 Å². The fourth-order valence-electron chi connectivity index (χ4n) is 3.63. The molecule has 1 N–H and O–H groups in total. The van der Waals surface area contributed by atoms with Crippen LogP contribution in [0.5, 0.6) is 0 Å². The van der Waals surface area contributed by atoms with Crippen LogP contribution in [0.2, 0.25) is 0 Å². The Morgan fingerprint density at radius 2 is 1.88 bits per heavy atom. The van der Waals surface area contributed by atoms with E-state index in [4.69, 9.17) is 0 Å². The highest BCUT2D eigenvalue weighted by Gasteiger charge is 2.21. The lowest BCUT2D eigenvalue weighted by atomic mass is 10.1. The topological polar surface area (TPSA) is 30.9 Å². The highest BCUT2D eigenvalue weighted by molar-refractivity contribution is 8.00. The number of hydrogen-bond acceptors (Lipinski definition) is 3. The summed E-state index contributed by atoms with van der Waals surface area (Å²) in [5.41, 5.74) is 2.75. The third-order valence-corrected chi connectivity index (χ3v) is 6.56. The number of likely N-dealkylation sites (tertiary alicyclic amines) is 1. The molecule has 138 valence electrons. The molecule has 1 atom stereocenters. The summed E-state index contributed by atoms with van der Waals surface area (Å²) in [6.07, 6.45) is 3.95. The average molecular weight is 361 g/mol. The molecule has 0 saturated carbocycles. The van der Waals surface area contributed by atoms with Crippen molar-refractivity contribution in [1.29, 1.82) is 0 Å². The van der Waals surface area contributed by atoms with Gasteiger partial charge < -0.3 is 10.2 Å². The minimum atomic E-state index is 0.733. The highest BCUT2D eigenvalue weighted by Crippen LogP contribution is 2.21. The molecule has 0 aliphatic carbocycles. The van der Waals surface area contributed by atoms with Crippen LogP contribution in [0, 0.1) is 0 Å². The molecule has 0 bridgehead atoms. The van der Waals surface area contributed by atoms with Crippen molar-refractivity contribution in [1.82, 2.24) is 15.1 Å². The van der Waals surface area contributed by atoms with Gasteiger partial charge in [0.2, 0.25) is 0 Å². The van der Waals surface area contributed by atoms with Crippen LogP contribution in [-0.2, 0) is 13.1 Å².